The van der Waals surface area contributed by atoms with Crippen molar-refractivity contribution in [2.45, 2.75) is 44.7 Å². The van der Waals surface area contributed by atoms with Gasteiger partial charge >= 0.3 is 6.18 Å². The van der Waals surface area contributed by atoms with Crippen molar-refractivity contribution >= 4 is 17.5 Å². The number of carbonyl (C=O) groups is 2. The lowest BCUT2D eigenvalue weighted by atomic mass is 9.86. The number of carbonyl (C=O) groups excluding carboxylic acids is 2. The van der Waals surface area contributed by atoms with Gasteiger partial charge in [0.25, 0.3) is 5.91 Å². The number of nitrogens with one attached hydrogen (secondary N) is 1. The van der Waals surface area contributed by atoms with Gasteiger partial charge in [-0.1, -0.05) is 0 Å². The number of hydrogen-bond acceptors (Lipinski definition) is 3. The van der Waals surface area contributed by atoms with Gasteiger partial charge in [0.05, 0.1) is 12.2 Å². The van der Waals surface area contributed by atoms with Gasteiger partial charge in [-0.2, -0.15) is 13.2 Å². The first-order valence-electron chi connectivity index (χ1n) is 9.66. The molecule has 0 aliphatic heterocycles. The number of alkyl halides is 5. The van der Waals surface area contributed by atoms with E-state index in [0.29, 0.717) is 0 Å². The van der Waals surface area contributed by atoms with Crippen molar-refractivity contribution in [3.8, 4) is 0 Å². The predicted octanol–water partition coefficient (Wildman–Crippen LogP) is 4.58. The molecule has 0 spiro atoms. The summed E-state index contributed by atoms with van der Waals surface area (Å²) in [5, 5.41) is 2.37. The molecule has 0 heterocycles. The lowest BCUT2D eigenvalue weighted by Crippen LogP contribution is -2.34. The van der Waals surface area contributed by atoms with E-state index >= 15 is 0 Å². The Morgan fingerprint density at radius 3 is 2.37 bits per heavy atom. The van der Waals surface area contributed by atoms with Crippen LogP contribution in [0.25, 0.3) is 0 Å². The van der Waals surface area contributed by atoms with E-state index in [1.54, 1.807) is 6.92 Å². The fraction of sp³-hybridized carbons (Fsp3) is 0.600. The molecule has 10 heteroatoms. The Morgan fingerprint density at radius 2 is 1.83 bits per heavy atom. The Labute approximate surface area is 171 Å². The first-order valence-corrected chi connectivity index (χ1v) is 9.66. The molecule has 1 saturated carbocycles. The molecule has 168 valence electrons. The second-order valence-corrected chi connectivity index (χ2v) is 7.29. The highest BCUT2D eigenvalue weighted by atomic mass is 19.4. The minimum atomic E-state index is -4.73. The molecule has 0 bridgehead atoms. The summed E-state index contributed by atoms with van der Waals surface area (Å²) < 4.78 is 71.5. The summed E-state index contributed by atoms with van der Waals surface area (Å²) in [6.07, 6.45) is -5.72. The van der Waals surface area contributed by atoms with Crippen LogP contribution in [0.5, 0.6) is 0 Å². The molecule has 0 aromatic heterocycles. The van der Waals surface area contributed by atoms with Crippen LogP contribution >= 0.6 is 0 Å². The minimum Gasteiger partial charge on any atom is -0.383 e. The minimum absolute atomic E-state index is 0.0514. The van der Waals surface area contributed by atoms with Crippen LogP contribution in [-0.2, 0) is 15.7 Å². The highest BCUT2D eigenvalue weighted by molar-refractivity contribution is 5.98. The van der Waals surface area contributed by atoms with Gasteiger partial charge in [0.2, 0.25) is 11.8 Å². The number of benzene rings is 1. The van der Waals surface area contributed by atoms with Gasteiger partial charge in [-0.25, -0.2) is 8.78 Å². The number of amides is 2. The summed E-state index contributed by atoms with van der Waals surface area (Å²) in [4.78, 5) is 26.4. The van der Waals surface area contributed by atoms with Crippen LogP contribution in [0.1, 0.15) is 48.5 Å². The second-order valence-electron chi connectivity index (χ2n) is 7.29. The van der Waals surface area contributed by atoms with E-state index in [1.165, 1.54) is 18.1 Å². The average molecular weight is 436 g/mol. The van der Waals surface area contributed by atoms with Crippen molar-refractivity contribution in [1.29, 1.82) is 0 Å². The Kier molecular flexibility index (Phi) is 7.79. The van der Waals surface area contributed by atoms with Crippen LogP contribution in [0, 0.1) is 5.92 Å². The van der Waals surface area contributed by atoms with E-state index in [2.05, 4.69) is 5.32 Å². The molecule has 0 radical (unpaired) electrons. The quantitative estimate of drug-likeness (QED) is 0.637. The molecule has 1 aliphatic rings. The molecule has 0 unspecified atom stereocenters. The number of nitrogens with zero attached hydrogens (tertiary/aromatic N) is 1. The standard InChI is InChI=1S/C20H25F5N2O3/c1-3-27(8-9-30-2)18(29)14-10-15(20(23,24)25)12-16(11-14)26-17(28)13-4-6-19(21,22)7-5-13/h10-13H,3-9H2,1-2H3,(H,26,28). The molecule has 1 aliphatic carbocycles. The highest BCUT2D eigenvalue weighted by Gasteiger charge is 2.38. The van der Waals surface area contributed by atoms with Gasteiger partial charge in [0.15, 0.2) is 0 Å². The first-order chi connectivity index (χ1) is 14.0. The Balaban J connectivity index is 2.25. The molecule has 1 N–H and O–H groups in total. The van der Waals surface area contributed by atoms with Crippen LogP contribution in [0.2, 0.25) is 0 Å². The third kappa shape index (κ3) is 6.38. The van der Waals surface area contributed by atoms with Crippen LogP contribution in [0.15, 0.2) is 18.2 Å². The average Bonchev–Trinajstić information content (AvgIpc) is 2.67. The molecule has 30 heavy (non-hydrogen) atoms. The molecular weight excluding hydrogens is 411 g/mol. The molecule has 5 nitrogen and oxygen atoms in total. The number of likely N-dealkylation sites (N-methyl/N-ethyl adjacent to an activating group) is 1. The van der Waals surface area contributed by atoms with Crippen molar-refractivity contribution in [1.82, 2.24) is 4.90 Å². The molecule has 1 aromatic rings. The summed E-state index contributed by atoms with van der Waals surface area (Å²) in [6, 6.07) is 2.63. The third-order valence-corrected chi connectivity index (χ3v) is 5.10. The van der Waals surface area contributed by atoms with Gasteiger partial charge in [-0.3, -0.25) is 9.59 Å². The molecule has 2 rings (SSSR count). The zero-order valence-electron chi connectivity index (χ0n) is 16.8. The second kappa shape index (κ2) is 9.72. The maximum atomic E-state index is 13.3. The normalized spacial score (nSPS) is 16.9. The van der Waals surface area contributed by atoms with Crippen LogP contribution < -0.4 is 5.32 Å². The van der Waals surface area contributed by atoms with Crippen LogP contribution in [0.4, 0.5) is 27.6 Å². The molecule has 0 atom stereocenters. The van der Waals surface area contributed by atoms with Crippen molar-refractivity contribution in [3.05, 3.63) is 29.3 Å². The molecule has 2 amide bonds. The number of anilines is 1. The Hall–Kier alpha value is -2.23. The monoisotopic (exact) mass is 436 g/mol. The number of halogens is 5. The van der Waals surface area contributed by atoms with Gasteiger partial charge < -0.3 is 15.0 Å². The predicted molar refractivity (Wildman–Crippen MR) is 100 cm³/mol. The summed E-state index contributed by atoms with van der Waals surface area (Å²) in [5.74, 6) is -4.80. The summed E-state index contributed by atoms with van der Waals surface area (Å²) in [5.41, 5.74) is -1.51. The summed E-state index contributed by atoms with van der Waals surface area (Å²) in [7, 11) is 1.44. The highest BCUT2D eigenvalue weighted by Crippen LogP contribution is 2.37. The maximum Gasteiger partial charge on any atom is 0.416 e. The maximum absolute atomic E-state index is 13.3. The van der Waals surface area contributed by atoms with Crippen molar-refractivity contribution in [3.63, 3.8) is 0 Å². The van der Waals surface area contributed by atoms with Crippen molar-refractivity contribution in [2.75, 3.05) is 32.1 Å². The van der Waals surface area contributed by atoms with Gasteiger partial charge in [-0.05, 0) is 38.0 Å². The lowest BCUT2D eigenvalue weighted by molar-refractivity contribution is -0.137. The fourth-order valence-electron chi connectivity index (χ4n) is 3.32. The smallest absolute Gasteiger partial charge is 0.383 e. The molecule has 0 saturated heterocycles. The van der Waals surface area contributed by atoms with Crippen LogP contribution in [0.3, 0.4) is 0 Å². The van der Waals surface area contributed by atoms with E-state index in [9.17, 15) is 31.5 Å². The van der Waals surface area contributed by atoms with Crippen LogP contribution in [-0.4, -0.2) is 49.4 Å². The number of methoxy groups -OCH3 is 1. The molecule has 1 fully saturated rings. The van der Waals surface area contributed by atoms with Crippen molar-refractivity contribution in [2.24, 2.45) is 5.92 Å². The van der Waals surface area contributed by atoms with E-state index in [4.69, 9.17) is 4.74 Å². The van der Waals surface area contributed by atoms with Gasteiger partial charge in [-0.15, -0.1) is 0 Å². The van der Waals surface area contributed by atoms with E-state index < -0.39 is 48.2 Å². The van der Waals surface area contributed by atoms with Gasteiger partial charge in [0, 0.05) is 50.2 Å². The number of hydrogen-bond donors (Lipinski definition) is 1. The largest absolute Gasteiger partial charge is 0.416 e. The third-order valence-electron chi connectivity index (χ3n) is 5.10. The van der Waals surface area contributed by atoms with E-state index in [1.807, 2.05) is 0 Å². The zero-order chi connectivity index (χ0) is 22.5. The topological polar surface area (TPSA) is 58.6 Å². The lowest BCUT2D eigenvalue weighted by Gasteiger charge is -2.27. The van der Waals surface area contributed by atoms with E-state index in [-0.39, 0.29) is 43.8 Å². The first kappa shape index (κ1) is 24.0. The van der Waals surface area contributed by atoms with E-state index in [0.717, 1.165) is 12.1 Å². The molecular formula is C20H25F5N2O3. The molecule has 1 aromatic carbocycles. The Morgan fingerprint density at radius 1 is 1.20 bits per heavy atom. The fourth-order valence-corrected chi connectivity index (χ4v) is 3.32. The zero-order valence-corrected chi connectivity index (χ0v) is 16.8. The van der Waals surface area contributed by atoms with Gasteiger partial charge in [0.1, 0.15) is 0 Å². The number of ether oxygens (including phenoxy) is 1. The summed E-state index contributed by atoms with van der Waals surface area (Å²) >= 11 is 0. The Bertz CT molecular complexity index is 757. The van der Waals surface area contributed by atoms with Crippen molar-refractivity contribution < 1.29 is 36.3 Å². The number of rotatable bonds is 7. The SMILES string of the molecule is CCN(CCOC)C(=O)c1cc(NC(=O)C2CCC(F)(F)CC2)cc(C(F)(F)F)c1. The summed E-state index contributed by atoms with van der Waals surface area (Å²) in [6.45, 7) is 2.35.